The molecule has 27 heavy (non-hydrogen) atoms. The summed E-state index contributed by atoms with van der Waals surface area (Å²) in [6, 6.07) is 12.2. The van der Waals surface area contributed by atoms with E-state index in [9.17, 15) is 4.79 Å². The molecule has 8 heteroatoms. The molecule has 2 aromatic carbocycles. The molecule has 0 fully saturated rings. The molecule has 0 N–H and O–H groups in total. The molecule has 1 atom stereocenters. The van der Waals surface area contributed by atoms with Gasteiger partial charge in [-0.3, -0.25) is 4.79 Å². The van der Waals surface area contributed by atoms with Crippen LogP contribution in [0.5, 0.6) is 5.75 Å². The van der Waals surface area contributed by atoms with Gasteiger partial charge in [0.15, 0.2) is 6.10 Å². The molecule has 0 saturated heterocycles. The fourth-order valence-corrected chi connectivity index (χ4v) is 2.68. The van der Waals surface area contributed by atoms with E-state index in [2.05, 4.69) is 10.2 Å². The third-order valence-corrected chi connectivity index (χ3v) is 4.51. The van der Waals surface area contributed by atoms with Crippen LogP contribution in [0.25, 0.3) is 11.5 Å². The van der Waals surface area contributed by atoms with Crippen molar-refractivity contribution in [3.8, 4) is 17.2 Å². The summed E-state index contributed by atoms with van der Waals surface area (Å²) in [7, 11) is 1.59. The molecule has 0 spiro atoms. The molecule has 0 amide bonds. The molecule has 3 aromatic rings. The Morgan fingerprint density at radius 2 is 1.85 bits per heavy atom. The Morgan fingerprint density at radius 3 is 2.52 bits per heavy atom. The van der Waals surface area contributed by atoms with Gasteiger partial charge < -0.3 is 13.9 Å². The minimum atomic E-state index is -0.681. The third-order valence-electron chi connectivity index (χ3n) is 3.77. The lowest BCUT2D eigenvalue weighted by Gasteiger charge is -2.09. The molecule has 0 aliphatic carbocycles. The number of rotatable bonds is 6. The summed E-state index contributed by atoms with van der Waals surface area (Å²) in [4.78, 5) is 12.1. The van der Waals surface area contributed by atoms with Crippen LogP contribution in [0.15, 0.2) is 46.9 Å². The van der Waals surface area contributed by atoms with E-state index in [1.807, 2.05) is 0 Å². The first-order valence-corrected chi connectivity index (χ1v) is 8.83. The van der Waals surface area contributed by atoms with E-state index in [1.165, 1.54) is 0 Å². The van der Waals surface area contributed by atoms with Gasteiger partial charge in [0, 0.05) is 5.56 Å². The molecule has 3 rings (SSSR count). The molecule has 6 nitrogen and oxygen atoms in total. The van der Waals surface area contributed by atoms with Crippen LogP contribution in [-0.2, 0) is 16.0 Å². The number of carbonyl (C=O) groups excluding carboxylic acids is 1. The molecule has 0 bridgehead atoms. The summed E-state index contributed by atoms with van der Waals surface area (Å²) in [5.74, 6) is 0.830. The minimum Gasteiger partial charge on any atom is -0.497 e. The van der Waals surface area contributed by atoms with Crippen molar-refractivity contribution in [1.29, 1.82) is 0 Å². The second-order valence-electron chi connectivity index (χ2n) is 5.73. The Morgan fingerprint density at radius 1 is 1.11 bits per heavy atom. The summed E-state index contributed by atoms with van der Waals surface area (Å²) >= 11 is 11.8. The van der Waals surface area contributed by atoms with Crippen molar-refractivity contribution < 1.29 is 18.7 Å². The number of methoxy groups -OCH3 is 1. The first kappa shape index (κ1) is 19.2. The molecule has 0 saturated carbocycles. The predicted molar refractivity (Wildman–Crippen MR) is 101 cm³/mol. The molecule has 1 heterocycles. The number of ether oxygens (including phenoxy) is 2. The summed E-state index contributed by atoms with van der Waals surface area (Å²) in [6.07, 6.45) is -0.625. The molecular formula is C19H16Cl2N2O4. The standard InChI is InChI=1S/C19H16Cl2N2O4/c1-11(26-17(24)10-12-3-8-15(20)16(21)9-12)18-22-23-19(27-18)13-4-6-14(25-2)7-5-13/h3-9,11H,10H2,1-2H3/t11-/m0/s1. The highest BCUT2D eigenvalue weighted by Gasteiger charge is 2.19. The quantitative estimate of drug-likeness (QED) is 0.541. The van der Waals surface area contributed by atoms with Gasteiger partial charge in [-0.15, -0.1) is 10.2 Å². The lowest BCUT2D eigenvalue weighted by molar-refractivity contribution is -0.148. The second kappa shape index (κ2) is 8.41. The number of esters is 1. The third kappa shape index (κ3) is 4.78. The SMILES string of the molecule is COc1ccc(-c2nnc([C@H](C)OC(=O)Cc3ccc(Cl)c(Cl)c3)o2)cc1. The van der Waals surface area contributed by atoms with Gasteiger partial charge in [0.25, 0.3) is 5.89 Å². The average molecular weight is 407 g/mol. The lowest BCUT2D eigenvalue weighted by Crippen LogP contribution is -2.11. The van der Waals surface area contributed by atoms with Crippen LogP contribution in [0.1, 0.15) is 24.5 Å². The molecule has 140 valence electrons. The maximum absolute atomic E-state index is 12.1. The first-order chi connectivity index (χ1) is 13.0. The van der Waals surface area contributed by atoms with Gasteiger partial charge in [0.1, 0.15) is 5.75 Å². The maximum Gasteiger partial charge on any atom is 0.311 e. The molecule has 0 aliphatic rings. The highest BCUT2D eigenvalue weighted by Crippen LogP contribution is 2.25. The maximum atomic E-state index is 12.1. The van der Waals surface area contributed by atoms with Crippen molar-refractivity contribution in [3.05, 3.63) is 64.0 Å². The number of nitrogens with zero attached hydrogens (tertiary/aromatic N) is 2. The number of hydrogen-bond donors (Lipinski definition) is 0. The zero-order chi connectivity index (χ0) is 19.4. The van der Waals surface area contributed by atoms with E-state index in [0.717, 1.165) is 11.3 Å². The number of hydrogen-bond acceptors (Lipinski definition) is 6. The summed E-state index contributed by atoms with van der Waals surface area (Å²) < 4.78 is 16.1. The summed E-state index contributed by atoms with van der Waals surface area (Å²) in [5, 5.41) is 8.77. The summed E-state index contributed by atoms with van der Waals surface area (Å²) in [6.45, 7) is 1.66. The van der Waals surface area contributed by atoms with E-state index in [-0.39, 0.29) is 12.3 Å². The Balaban J connectivity index is 1.63. The van der Waals surface area contributed by atoms with Crippen molar-refractivity contribution in [3.63, 3.8) is 0 Å². The van der Waals surface area contributed by atoms with Crippen molar-refractivity contribution >= 4 is 29.2 Å². The smallest absolute Gasteiger partial charge is 0.311 e. The van der Waals surface area contributed by atoms with Crippen LogP contribution in [0.3, 0.4) is 0 Å². The number of benzene rings is 2. The van der Waals surface area contributed by atoms with Gasteiger partial charge in [-0.05, 0) is 48.9 Å². The molecule has 0 radical (unpaired) electrons. The highest BCUT2D eigenvalue weighted by molar-refractivity contribution is 6.42. The van der Waals surface area contributed by atoms with Gasteiger partial charge in [-0.25, -0.2) is 0 Å². The van der Waals surface area contributed by atoms with Crippen LogP contribution in [0.4, 0.5) is 0 Å². The number of halogens is 2. The van der Waals surface area contributed by atoms with Gasteiger partial charge in [0.2, 0.25) is 5.89 Å². The van der Waals surface area contributed by atoms with Crippen LogP contribution in [0.2, 0.25) is 10.0 Å². The molecule has 1 aromatic heterocycles. The van der Waals surface area contributed by atoms with Crippen LogP contribution >= 0.6 is 23.2 Å². The zero-order valence-corrected chi connectivity index (χ0v) is 16.1. The van der Waals surface area contributed by atoms with Gasteiger partial charge in [-0.1, -0.05) is 29.3 Å². The largest absolute Gasteiger partial charge is 0.497 e. The Hall–Kier alpha value is -2.57. The van der Waals surface area contributed by atoms with Gasteiger partial charge in [-0.2, -0.15) is 0 Å². The van der Waals surface area contributed by atoms with E-state index >= 15 is 0 Å². The lowest BCUT2D eigenvalue weighted by atomic mass is 10.1. The van der Waals surface area contributed by atoms with Crippen molar-refractivity contribution in [2.75, 3.05) is 7.11 Å². The Labute approximate surface area is 166 Å². The summed E-state index contributed by atoms with van der Waals surface area (Å²) in [5.41, 5.74) is 1.44. The van der Waals surface area contributed by atoms with Gasteiger partial charge in [0.05, 0.1) is 23.6 Å². The van der Waals surface area contributed by atoms with Crippen LogP contribution < -0.4 is 4.74 Å². The molecular weight excluding hydrogens is 391 g/mol. The van der Waals surface area contributed by atoms with Crippen LogP contribution in [-0.4, -0.2) is 23.3 Å². The Kier molecular flexibility index (Phi) is 5.98. The Bertz CT molecular complexity index is 941. The average Bonchev–Trinajstić information content (AvgIpc) is 3.15. The molecule has 0 unspecified atom stereocenters. The predicted octanol–water partition coefficient (Wildman–Crippen LogP) is 4.90. The number of aromatic nitrogens is 2. The monoisotopic (exact) mass is 406 g/mol. The molecule has 0 aliphatic heterocycles. The van der Waals surface area contributed by atoms with Crippen LogP contribution in [0, 0.1) is 0 Å². The topological polar surface area (TPSA) is 74.5 Å². The normalized spacial score (nSPS) is 11.9. The fraction of sp³-hybridized carbons (Fsp3) is 0.211. The van der Waals surface area contributed by atoms with Crippen molar-refractivity contribution in [1.82, 2.24) is 10.2 Å². The van der Waals surface area contributed by atoms with Gasteiger partial charge >= 0.3 is 5.97 Å². The number of carbonyl (C=O) groups is 1. The van der Waals surface area contributed by atoms with Crippen molar-refractivity contribution in [2.45, 2.75) is 19.4 Å². The zero-order valence-electron chi connectivity index (χ0n) is 14.6. The highest BCUT2D eigenvalue weighted by atomic mass is 35.5. The minimum absolute atomic E-state index is 0.0563. The fourth-order valence-electron chi connectivity index (χ4n) is 2.35. The van der Waals surface area contributed by atoms with E-state index in [0.29, 0.717) is 21.5 Å². The second-order valence-corrected chi connectivity index (χ2v) is 6.55. The van der Waals surface area contributed by atoms with E-state index < -0.39 is 12.1 Å². The van der Waals surface area contributed by atoms with Crippen molar-refractivity contribution in [2.24, 2.45) is 0 Å². The van der Waals surface area contributed by atoms with E-state index in [1.54, 1.807) is 56.5 Å². The first-order valence-electron chi connectivity index (χ1n) is 8.07. The van der Waals surface area contributed by atoms with E-state index in [4.69, 9.17) is 37.1 Å².